The summed E-state index contributed by atoms with van der Waals surface area (Å²) in [6.07, 6.45) is 3.55. The second kappa shape index (κ2) is 10.5. The van der Waals surface area contributed by atoms with E-state index in [1.807, 2.05) is 24.3 Å². The van der Waals surface area contributed by atoms with Crippen LogP contribution >= 0.6 is 0 Å². The van der Waals surface area contributed by atoms with Crippen molar-refractivity contribution in [1.29, 1.82) is 0 Å². The Morgan fingerprint density at radius 1 is 0.875 bits per heavy atom. The molecule has 1 atom stereocenters. The number of hydrogen-bond acceptors (Lipinski definition) is 2. The minimum atomic E-state index is -0.0352. The lowest BCUT2D eigenvalue weighted by Crippen LogP contribution is -2.44. The molecule has 0 heterocycles. The fourth-order valence-corrected chi connectivity index (χ4v) is 3.92. The number of nitrogen functional groups attached to an aromatic ring is 1. The normalized spacial score (nSPS) is 12.4. The minimum Gasteiger partial charge on any atom is -0.399 e. The van der Waals surface area contributed by atoms with Crippen LogP contribution in [0.2, 0.25) is 0 Å². The molecule has 168 valence electrons. The van der Waals surface area contributed by atoms with E-state index >= 15 is 0 Å². The fourth-order valence-electron chi connectivity index (χ4n) is 3.92. The highest BCUT2D eigenvalue weighted by Crippen LogP contribution is 2.24. The molecule has 0 aromatic heterocycles. The van der Waals surface area contributed by atoms with Crippen LogP contribution in [0.25, 0.3) is 0 Å². The molecule has 1 amide bonds. The van der Waals surface area contributed by atoms with Gasteiger partial charge in [0.25, 0.3) is 5.91 Å². The van der Waals surface area contributed by atoms with E-state index in [-0.39, 0.29) is 17.4 Å². The topological polar surface area (TPSA) is 55.1 Å². The molecule has 0 aliphatic carbocycles. The van der Waals surface area contributed by atoms with E-state index in [4.69, 9.17) is 5.73 Å². The first kappa shape index (κ1) is 23.6. The number of amides is 1. The summed E-state index contributed by atoms with van der Waals surface area (Å²) in [5, 5.41) is 3.29. The maximum absolute atomic E-state index is 13.1. The number of nitrogens with two attached hydrogens (primary N) is 1. The number of rotatable bonds is 8. The molecule has 0 saturated carbocycles. The van der Waals surface area contributed by atoms with Gasteiger partial charge in [0, 0.05) is 17.3 Å². The molecule has 32 heavy (non-hydrogen) atoms. The molecular weight excluding hydrogens is 392 g/mol. The molecule has 3 aromatic carbocycles. The van der Waals surface area contributed by atoms with Crippen LogP contribution < -0.4 is 11.1 Å². The molecule has 0 radical (unpaired) electrons. The van der Waals surface area contributed by atoms with Crippen LogP contribution in [0.5, 0.6) is 0 Å². The van der Waals surface area contributed by atoms with Crippen LogP contribution in [0.1, 0.15) is 59.8 Å². The van der Waals surface area contributed by atoms with Crippen molar-refractivity contribution in [2.24, 2.45) is 5.41 Å². The van der Waals surface area contributed by atoms with Gasteiger partial charge in [0.1, 0.15) is 0 Å². The molecule has 3 heteroatoms. The third-order valence-corrected chi connectivity index (χ3v) is 6.12. The van der Waals surface area contributed by atoms with E-state index in [2.05, 4.69) is 81.5 Å². The van der Waals surface area contributed by atoms with Gasteiger partial charge in [-0.3, -0.25) is 4.79 Å². The van der Waals surface area contributed by atoms with Crippen molar-refractivity contribution in [3.05, 3.63) is 101 Å². The van der Waals surface area contributed by atoms with Crippen LogP contribution in [0.3, 0.4) is 0 Å². The van der Waals surface area contributed by atoms with Gasteiger partial charge in [0.15, 0.2) is 0 Å². The Balaban J connectivity index is 1.67. The number of anilines is 1. The molecular formula is C29H36N2O. The van der Waals surface area contributed by atoms with Crippen LogP contribution in [0.4, 0.5) is 5.69 Å². The molecule has 0 aliphatic heterocycles. The number of aryl methyl sites for hydroxylation is 4. The van der Waals surface area contributed by atoms with Crippen LogP contribution in [-0.2, 0) is 19.3 Å². The predicted molar refractivity (Wildman–Crippen MR) is 135 cm³/mol. The maximum atomic E-state index is 13.1. The molecule has 3 nitrogen and oxygen atoms in total. The average Bonchev–Trinajstić information content (AvgIpc) is 2.77. The van der Waals surface area contributed by atoms with Gasteiger partial charge < -0.3 is 11.1 Å². The van der Waals surface area contributed by atoms with Gasteiger partial charge in [-0.25, -0.2) is 0 Å². The van der Waals surface area contributed by atoms with Gasteiger partial charge in [-0.2, -0.15) is 0 Å². The number of hydrogen-bond donors (Lipinski definition) is 2. The number of benzene rings is 3. The lowest BCUT2D eigenvalue weighted by molar-refractivity contribution is 0.0897. The van der Waals surface area contributed by atoms with Crippen molar-refractivity contribution in [2.75, 3.05) is 5.73 Å². The Labute approximate surface area is 193 Å². The summed E-state index contributed by atoms with van der Waals surface area (Å²) in [4.78, 5) is 13.1. The van der Waals surface area contributed by atoms with Gasteiger partial charge >= 0.3 is 0 Å². The molecule has 0 aliphatic rings. The van der Waals surface area contributed by atoms with E-state index in [9.17, 15) is 4.79 Å². The number of carbonyl (C=O) groups is 1. The van der Waals surface area contributed by atoms with E-state index < -0.39 is 0 Å². The lowest BCUT2D eigenvalue weighted by Gasteiger charge is -2.32. The Hall–Kier alpha value is -3.07. The van der Waals surface area contributed by atoms with Crippen molar-refractivity contribution in [2.45, 2.75) is 59.4 Å². The average molecular weight is 429 g/mol. The fraction of sp³-hybridized carbons (Fsp3) is 0.345. The van der Waals surface area contributed by atoms with E-state index in [1.54, 1.807) is 0 Å². The maximum Gasteiger partial charge on any atom is 0.251 e. The molecule has 0 spiro atoms. The van der Waals surface area contributed by atoms with Gasteiger partial charge in [0.2, 0.25) is 0 Å². The highest BCUT2D eigenvalue weighted by atomic mass is 16.1. The summed E-state index contributed by atoms with van der Waals surface area (Å²) < 4.78 is 0. The predicted octanol–water partition coefficient (Wildman–Crippen LogP) is 6.14. The second-order valence-corrected chi connectivity index (χ2v) is 9.82. The zero-order valence-corrected chi connectivity index (χ0v) is 19.8. The summed E-state index contributed by atoms with van der Waals surface area (Å²) in [6.45, 7) is 8.63. The van der Waals surface area contributed by atoms with Gasteiger partial charge in [-0.15, -0.1) is 0 Å². The third-order valence-electron chi connectivity index (χ3n) is 6.12. The lowest BCUT2D eigenvalue weighted by atomic mass is 9.83. The van der Waals surface area contributed by atoms with Gasteiger partial charge in [-0.05, 0) is 72.9 Å². The minimum absolute atomic E-state index is 0.0328. The first-order valence-electron chi connectivity index (χ1n) is 11.5. The zero-order valence-electron chi connectivity index (χ0n) is 19.8. The van der Waals surface area contributed by atoms with E-state index in [1.165, 1.54) is 16.7 Å². The first-order valence-corrected chi connectivity index (χ1v) is 11.5. The summed E-state index contributed by atoms with van der Waals surface area (Å²) in [5.74, 6) is -0.0328. The van der Waals surface area contributed by atoms with Crippen molar-refractivity contribution in [1.82, 2.24) is 5.32 Å². The van der Waals surface area contributed by atoms with Crippen LogP contribution in [0.15, 0.2) is 72.8 Å². The highest BCUT2D eigenvalue weighted by Gasteiger charge is 2.26. The molecule has 0 unspecified atom stereocenters. The van der Waals surface area contributed by atoms with Crippen LogP contribution in [-0.4, -0.2) is 11.9 Å². The van der Waals surface area contributed by atoms with Crippen molar-refractivity contribution in [3.8, 4) is 0 Å². The molecule has 0 bridgehead atoms. The van der Waals surface area contributed by atoms with Crippen molar-refractivity contribution in [3.63, 3.8) is 0 Å². The Kier molecular flexibility index (Phi) is 7.74. The first-order chi connectivity index (χ1) is 15.2. The smallest absolute Gasteiger partial charge is 0.251 e. The SMILES string of the molecule is Cc1ccc(CCc2cc(C(=O)N[C@@H](CCc3ccccc3)C(C)(C)C)ccc2N)cc1. The number of nitrogens with one attached hydrogen (secondary N) is 1. The summed E-state index contributed by atoms with van der Waals surface area (Å²) in [7, 11) is 0. The summed E-state index contributed by atoms with van der Waals surface area (Å²) >= 11 is 0. The Morgan fingerprint density at radius 3 is 2.19 bits per heavy atom. The highest BCUT2D eigenvalue weighted by molar-refractivity contribution is 5.95. The third kappa shape index (κ3) is 6.71. The van der Waals surface area contributed by atoms with Crippen molar-refractivity contribution < 1.29 is 4.79 Å². The zero-order chi connectivity index (χ0) is 23.1. The van der Waals surface area contributed by atoms with E-state index in [0.717, 1.165) is 36.9 Å². The monoisotopic (exact) mass is 428 g/mol. The quantitative estimate of drug-likeness (QED) is 0.423. The summed E-state index contributed by atoms with van der Waals surface area (Å²) in [6, 6.07) is 24.7. The Morgan fingerprint density at radius 2 is 1.53 bits per heavy atom. The molecule has 3 N–H and O–H groups in total. The molecule has 3 rings (SSSR count). The molecule has 0 fully saturated rings. The largest absolute Gasteiger partial charge is 0.399 e. The van der Waals surface area contributed by atoms with E-state index in [0.29, 0.717) is 5.56 Å². The number of carbonyl (C=O) groups excluding carboxylic acids is 1. The Bertz CT molecular complexity index is 1020. The summed E-state index contributed by atoms with van der Waals surface area (Å²) in [5.41, 5.74) is 12.5. The standard InChI is InChI=1S/C29H36N2O/c1-21-10-12-23(13-11-21)14-16-24-20-25(17-18-26(24)30)28(32)31-27(29(2,3)4)19-15-22-8-6-5-7-9-22/h5-13,17-18,20,27H,14-16,19,30H2,1-4H3,(H,31,32)/t27-/m0/s1. The van der Waals surface area contributed by atoms with Crippen molar-refractivity contribution >= 4 is 11.6 Å². The second-order valence-electron chi connectivity index (χ2n) is 9.82. The molecule has 0 saturated heterocycles. The van der Waals surface area contributed by atoms with Crippen LogP contribution in [0, 0.1) is 12.3 Å². The molecule has 3 aromatic rings. The van der Waals surface area contributed by atoms with Gasteiger partial charge in [-0.1, -0.05) is 80.9 Å². The van der Waals surface area contributed by atoms with Gasteiger partial charge in [0.05, 0.1) is 0 Å².